The summed E-state index contributed by atoms with van der Waals surface area (Å²) in [4.78, 5) is 25.7. The number of nitrogens with one attached hydrogen (secondary N) is 3. The van der Waals surface area contributed by atoms with E-state index in [9.17, 15) is 18.8 Å². The Hall–Kier alpha value is -3.07. The van der Waals surface area contributed by atoms with Crippen molar-refractivity contribution in [3.05, 3.63) is 53.9 Å². The largest absolute Gasteiger partial charge is 0.340 e. The molecule has 3 N–H and O–H groups in total. The molecule has 2 aromatic heterocycles. The van der Waals surface area contributed by atoms with Gasteiger partial charge in [0.1, 0.15) is 17.6 Å². The number of amides is 1. The van der Waals surface area contributed by atoms with Crippen molar-refractivity contribution in [2.45, 2.75) is 56.5 Å². The van der Waals surface area contributed by atoms with E-state index in [-0.39, 0.29) is 35.6 Å². The van der Waals surface area contributed by atoms with Crippen LogP contribution in [0.25, 0.3) is 0 Å². The lowest BCUT2D eigenvalue weighted by atomic mass is 9.70. The van der Waals surface area contributed by atoms with Crippen molar-refractivity contribution in [2.75, 3.05) is 0 Å². The van der Waals surface area contributed by atoms with E-state index in [2.05, 4.69) is 37.1 Å². The van der Waals surface area contributed by atoms with Gasteiger partial charge in [0.2, 0.25) is 5.91 Å². The molecule has 4 heterocycles. The van der Waals surface area contributed by atoms with E-state index in [1.54, 1.807) is 24.5 Å². The molecule has 172 valence electrons. The Bertz CT molecular complexity index is 1050. The van der Waals surface area contributed by atoms with Crippen LogP contribution >= 0.6 is 0 Å². The molecule has 7 atom stereocenters. The normalized spacial score (nSPS) is 32.5. The molecule has 2 aromatic rings. The third kappa shape index (κ3) is 3.84. The number of pyridine rings is 1. The van der Waals surface area contributed by atoms with Crippen LogP contribution in [0.5, 0.6) is 0 Å². The summed E-state index contributed by atoms with van der Waals surface area (Å²) in [6.45, 7) is 1.88. The fraction of sp³-hybridized carbons (Fsp3) is 0.500. The van der Waals surface area contributed by atoms with Gasteiger partial charge >= 0.3 is 0 Å². The summed E-state index contributed by atoms with van der Waals surface area (Å²) in [6, 6.07) is 5.82. The number of halogens is 2. The van der Waals surface area contributed by atoms with Crippen molar-refractivity contribution >= 4 is 5.91 Å². The number of carbonyl (C=O) groups excluding carboxylic acids is 1. The van der Waals surface area contributed by atoms with Crippen molar-refractivity contribution in [2.24, 2.45) is 11.8 Å². The summed E-state index contributed by atoms with van der Waals surface area (Å²) >= 11 is 0. The number of hydrogen-bond donors (Lipinski definition) is 3. The third-order valence-corrected chi connectivity index (χ3v) is 6.98. The van der Waals surface area contributed by atoms with E-state index in [1.165, 1.54) is 12.3 Å². The average molecular weight is 454 g/mol. The molecule has 3 aliphatic rings. The molecule has 0 aromatic carbocycles. The van der Waals surface area contributed by atoms with Gasteiger partial charge in [-0.05, 0) is 37.5 Å². The van der Waals surface area contributed by atoms with Gasteiger partial charge in [0, 0.05) is 36.5 Å². The van der Waals surface area contributed by atoms with E-state index in [4.69, 9.17) is 0 Å². The topological polar surface area (TPSA) is 119 Å². The Morgan fingerprint density at radius 1 is 1.21 bits per heavy atom. The molecule has 0 spiro atoms. The fourth-order valence-corrected chi connectivity index (χ4v) is 5.02. The molecule has 5 rings (SSSR count). The van der Waals surface area contributed by atoms with Gasteiger partial charge in [0.15, 0.2) is 0 Å². The number of aromatic nitrogens is 3. The summed E-state index contributed by atoms with van der Waals surface area (Å²) in [5.41, 5.74) is 3.55. The number of alkyl halides is 2. The lowest BCUT2D eigenvalue weighted by molar-refractivity contribution is -0.132. The average Bonchev–Trinajstić information content (AvgIpc) is 3.18. The van der Waals surface area contributed by atoms with E-state index in [1.807, 2.05) is 11.9 Å². The summed E-state index contributed by atoms with van der Waals surface area (Å²) < 4.78 is 25.8. The number of hydrogen-bond acceptors (Lipinski definition) is 8. The first-order valence-corrected chi connectivity index (χ1v) is 11.0. The molecule has 7 unspecified atom stereocenters. The lowest BCUT2D eigenvalue weighted by Gasteiger charge is -2.47. The predicted octanol–water partition coefficient (Wildman–Crippen LogP) is 1.76. The molecule has 0 radical (unpaired) electrons. The highest BCUT2D eigenvalue weighted by molar-refractivity contribution is 5.82. The second kappa shape index (κ2) is 8.70. The van der Waals surface area contributed by atoms with Crippen LogP contribution in [0.4, 0.5) is 8.78 Å². The summed E-state index contributed by atoms with van der Waals surface area (Å²) in [5, 5.41) is 18.1. The fourth-order valence-electron chi connectivity index (χ4n) is 5.02. The van der Waals surface area contributed by atoms with Crippen LogP contribution in [0.1, 0.15) is 55.2 Å². The van der Waals surface area contributed by atoms with Gasteiger partial charge in [0.25, 0.3) is 6.43 Å². The zero-order valence-electron chi connectivity index (χ0n) is 17.9. The molecule has 1 aliphatic carbocycles. The maximum atomic E-state index is 13.1. The van der Waals surface area contributed by atoms with Crippen LogP contribution in [0.2, 0.25) is 0 Å². The summed E-state index contributed by atoms with van der Waals surface area (Å²) in [6.07, 6.45) is 3.33. The maximum absolute atomic E-state index is 13.1. The standard InChI is InChI=1S/C22H24F2N8O/c1-11(12-3-6-15(18(23)24)28-10-12)32-21-17(16(9-25)31-32)22(33)30-20(29-21)14-5-4-13(14)19-26-7-2-8-27-19/h2-3,6-8,10-11,13-14,16-18,20-21,29,31H,4-5H2,1H3,(H,30,33). The Kier molecular flexibility index (Phi) is 5.74. The Labute approximate surface area is 189 Å². The second-order valence-electron chi connectivity index (χ2n) is 8.71. The van der Waals surface area contributed by atoms with Crippen molar-refractivity contribution in [3.63, 3.8) is 0 Å². The molecule has 9 nitrogen and oxygen atoms in total. The van der Waals surface area contributed by atoms with E-state index >= 15 is 0 Å². The first-order chi connectivity index (χ1) is 16.0. The smallest absolute Gasteiger partial charge is 0.280 e. The highest BCUT2D eigenvalue weighted by Gasteiger charge is 2.54. The first-order valence-electron chi connectivity index (χ1n) is 11.0. The molecule has 1 saturated carbocycles. The SMILES string of the molecule is CC(c1ccc(C(F)F)nc1)N1NC(C#N)C2C(=O)NC(C3CCC3c3ncccn3)NC21. The Morgan fingerprint density at radius 3 is 2.61 bits per heavy atom. The van der Waals surface area contributed by atoms with Crippen molar-refractivity contribution in [3.8, 4) is 6.07 Å². The quantitative estimate of drug-likeness (QED) is 0.626. The zero-order valence-corrected chi connectivity index (χ0v) is 17.9. The number of rotatable bonds is 5. The van der Waals surface area contributed by atoms with Crippen LogP contribution < -0.4 is 16.1 Å². The van der Waals surface area contributed by atoms with Crippen LogP contribution in [0.3, 0.4) is 0 Å². The summed E-state index contributed by atoms with van der Waals surface area (Å²) in [7, 11) is 0. The lowest BCUT2D eigenvalue weighted by Crippen LogP contribution is -2.68. The maximum Gasteiger partial charge on any atom is 0.280 e. The molecule has 2 saturated heterocycles. The molecular formula is C22H24F2N8O. The molecular weight excluding hydrogens is 430 g/mol. The first kappa shape index (κ1) is 21.8. The molecule has 1 amide bonds. The molecule has 11 heteroatoms. The summed E-state index contributed by atoms with van der Waals surface area (Å²) in [5.74, 6) is 0.222. The van der Waals surface area contributed by atoms with Crippen LogP contribution in [-0.2, 0) is 4.79 Å². The number of hydrazine groups is 1. The third-order valence-electron chi connectivity index (χ3n) is 6.98. The molecule has 3 fully saturated rings. The van der Waals surface area contributed by atoms with Gasteiger partial charge in [0.05, 0.1) is 24.3 Å². The Balaban J connectivity index is 1.37. The zero-order chi connectivity index (χ0) is 23.1. The van der Waals surface area contributed by atoms with E-state index in [0.29, 0.717) is 5.56 Å². The highest BCUT2D eigenvalue weighted by atomic mass is 19.3. The monoisotopic (exact) mass is 454 g/mol. The van der Waals surface area contributed by atoms with Gasteiger partial charge in [-0.25, -0.2) is 29.2 Å². The van der Waals surface area contributed by atoms with Crippen LogP contribution in [0.15, 0.2) is 36.8 Å². The van der Waals surface area contributed by atoms with Gasteiger partial charge in [-0.3, -0.25) is 15.1 Å². The van der Waals surface area contributed by atoms with Crippen molar-refractivity contribution in [1.29, 1.82) is 5.26 Å². The molecule has 2 aliphatic heterocycles. The number of fused-ring (bicyclic) bond motifs is 1. The molecule has 33 heavy (non-hydrogen) atoms. The molecule has 0 bridgehead atoms. The predicted molar refractivity (Wildman–Crippen MR) is 112 cm³/mol. The minimum atomic E-state index is -2.64. The number of nitriles is 1. The van der Waals surface area contributed by atoms with Gasteiger partial charge in [-0.15, -0.1) is 0 Å². The van der Waals surface area contributed by atoms with E-state index in [0.717, 1.165) is 18.7 Å². The van der Waals surface area contributed by atoms with Crippen molar-refractivity contribution < 1.29 is 13.6 Å². The van der Waals surface area contributed by atoms with Crippen LogP contribution in [-0.4, -0.2) is 44.2 Å². The van der Waals surface area contributed by atoms with Crippen LogP contribution in [0, 0.1) is 23.2 Å². The van der Waals surface area contributed by atoms with Gasteiger partial charge in [-0.1, -0.05) is 6.07 Å². The minimum absolute atomic E-state index is 0.127. The second-order valence-corrected chi connectivity index (χ2v) is 8.71. The Morgan fingerprint density at radius 2 is 2.00 bits per heavy atom. The van der Waals surface area contributed by atoms with Gasteiger partial charge < -0.3 is 5.32 Å². The highest BCUT2D eigenvalue weighted by Crippen LogP contribution is 2.44. The van der Waals surface area contributed by atoms with Crippen molar-refractivity contribution in [1.82, 2.24) is 36.0 Å². The minimum Gasteiger partial charge on any atom is -0.340 e. The van der Waals surface area contributed by atoms with Gasteiger partial charge in [-0.2, -0.15) is 5.26 Å². The number of carbonyl (C=O) groups is 1. The number of nitrogens with zero attached hydrogens (tertiary/aromatic N) is 5. The van der Waals surface area contributed by atoms with E-state index < -0.39 is 24.6 Å².